The van der Waals surface area contributed by atoms with Gasteiger partial charge in [-0.1, -0.05) is 34.1 Å². The zero-order chi connectivity index (χ0) is 17.1. The lowest BCUT2D eigenvalue weighted by molar-refractivity contribution is 0.0946. The number of nitrogens with one attached hydrogen (secondary N) is 1. The number of carbonyl (C=O) groups is 2. The molecule has 0 saturated carbocycles. The standard InChI is InChI=1S/C17H12BrN3O3/c18-12-6-7-14-11(8-12)9-13(15(19)22)17(24-14)21-20-16(23)10-4-2-1-3-5-10/h1-9H,(H2,19,22)(H,20,23). The number of fused-ring (bicyclic) bond motifs is 1. The molecular formula is C17H12BrN3O3. The van der Waals surface area contributed by atoms with Crippen LogP contribution in [0.3, 0.4) is 0 Å². The van der Waals surface area contributed by atoms with Crippen molar-refractivity contribution in [2.24, 2.45) is 10.8 Å². The van der Waals surface area contributed by atoms with Gasteiger partial charge >= 0.3 is 0 Å². The minimum Gasteiger partial charge on any atom is -0.436 e. The normalized spacial score (nSPS) is 11.5. The SMILES string of the molecule is NC(=O)c1cc2cc(Br)ccc2oc1=NNC(=O)c1ccccc1. The minimum atomic E-state index is -0.701. The Kier molecular flexibility index (Phi) is 4.43. The highest BCUT2D eigenvalue weighted by Crippen LogP contribution is 2.19. The molecule has 3 rings (SSSR count). The predicted octanol–water partition coefficient (Wildman–Crippen LogP) is 2.54. The van der Waals surface area contributed by atoms with Gasteiger partial charge in [-0.2, -0.15) is 0 Å². The summed E-state index contributed by atoms with van der Waals surface area (Å²) in [5, 5.41) is 4.58. The van der Waals surface area contributed by atoms with Crippen molar-refractivity contribution in [3.05, 3.63) is 75.8 Å². The third-order valence-corrected chi connectivity index (χ3v) is 3.76. The number of amides is 2. The first kappa shape index (κ1) is 15.9. The lowest BCUT2D eigenvalue weighted by Crippen LogP contribution is -2.27. The van der Waals surface area contributed by atoms with Crippen molar-refractivity contribution >= 4 is 38.7 Å². The van der Waals surface area contributed by atoms with Gasteiger partial charge in [0.2, 0.25) is 5.55 Å². The zero-order valence-electron chi connectivity index (χ0n) is 12.3. The Labute approximate surface area is 145 Å². The number of nitrogens with two attached hydrogens (primary N) is 1. The summed E-state index contributed by atoms with van der Waals surface area (Å²) in [5.41, 5.74) is 8.71. The van der Waals surface area contributed by atoms with Crippen molar-refractivity contribution in [1.82, 2.24) is 5.43 Å². The molecule has 24 heavy (non-hydrogen) atoms. The van der Waals surface area contributed by atoms with Crippen molar-refractivity contribution in [3.63, 3.8) is 0 Å². The third-order valence-electron chi connectivity index (χ3n) is 3.27. The van der Waals surface area contributed by atoms with Crippen LogP contribution in [0.5, 0.6) is 0 Å². The van der Waals surface area contributed by atoms with E-state index in [1.54, 1.807) is 54.6 Å². The van der Waals surface area contributed by atoms with Crippen molar-refractivity contribution < 1.29 is 14.0 Å². The van der Waals surface area contributed by atoms with Crippen LogP contribution in [0.2, 0.25) is 0 Å². The molecule has 120 valence electrons. The summed E-state index contributed by atoms with van der Waals surface area (Å²) in [6.45, 7) is 0. The Balaban J connectivity index is 2.04. The van der Waals surface area contributed by atoms with E-state index in [2.05, 4.69) is 26.5 Å². The highest BCUT2D eigenvalue weighted by molar-refractivity contribution is 9.10. The molecule has 2 amide bonds. The maximum atomic E-state index is 12.0. The molecule has 0 aliphatic rings. The molecule has 3 N–H and O–H groups in total. The van der Waals surface area contributed by atoms with E-state index in [1.165, 1.54) is 0 Å². The van der Waals surface area contributed by atoms with E-state index in [0.717, 1.165) is 4.47 Å². The van der Waals surface area contributed by atoms with Gasteiger partial charge in [0.15, 0.2) is 0 Å². The van der Waals surface area contributed by atoms with E-state index < -0.39 is 11.8 Å². The second kappa shape index (κ2) is 6.67. The minimum absolute atomic E-state index is 0.0541. The molecule has 1 aromatic heterocycles. The number of benzene rings is 2. The van der Waals surface area contributed by atoms with Crippen LogP contribution in [-0.2, 0) is 0 Å². The van der Waals surface area contributed by atoms with Crippen molar-refractivity contribution in [2.75, 3.05) is 0 Å². The summed E-state index contributed by atoms with van der Waals surface area (Å²) in [6, 6.07) is 15.4. The van der Waals surface area contributed by atoms with Crippen molar-refractivity contribution in [2.45, 2.75) is 0 Å². The van der Waals surface area contributed by atoms with Gasteiger partial charge in [-0.25, -0.2) is 5.43 Å². The number of nitrogens with zero attached hydrogens (tertiary/aromatic N) is 1. The third kappa shape index (κ3) is 3.36. The topological polar surface area (TPSA) is 97.7 Å². The first-order valence-electron chi connectivity index (χ1n) is 6.97. The van der Waals surface area contributed by atoms with E-state index in [0.29, 0.717) is 16.5 Å². The summed E-state index contributed by atoms with van der Waals surface area (Å²) in [4.78, 5) is 23.7. The van der Waals surface area contributed by atoms with Gasteiger partial charge in [-0.15, -0.1) is 5.10 Å². The summed E-state index contributed by atoms with van der Waals surface area (Å²) in [5.74, 6) is -1.12. The molecular weight excluding hydrogens is 374 g/mol. The van der Waals surface area contributed by atoms with Crippen molar-refractivity contribution in [3.8, 4) is 0 Å². The lowest BCUT2D eigenvalue weighted by Gasteiger charge is -2.03. The van der Waals surface area contributed by atoms with Crippen LogP contribution in [0.4, 0.5) is 0 Å². The molecule has 7 heteroatoms. The Morgan fingerprint density at radius 2 is 1.83 bits per heavy atom. The fraction of sp³-hybridized carbons (Fsp3) is 0. The molecule has 6 nitrogen and oxygen atoms in total. The molecule has 0 unspecified atom stereocenters. The molecule has 0 bridgehead atoms. The summed E-state index contributed by atoms with van der Waals surface area (Å²) in [6.07, 6.45) is 0. The highest BCUT2D eigenvalue weighted by atomic mass is 79.9. The number of rotatable bonds is 3. The van der Waals surface area contributed by atoms with Gasteiger partial charge in [0.25, 0.3) is 11.8 Å². The molecule has 0 atom stereocenters. The highest BCUT2D eigenvalue weighted by Gasteiger charge is 2.10. The molecule has 3 aromatic rings. The monoisotopic (exact) mass is 385 g/mol. The first-order valence-corrected chi connectivity index (χ1v) is 7.76. The Hall–Kier alpha value is -2.93. The van der Waals surface area contributed by atoms with Crippen LogP contribution in [0.15, 0.2) is 68.6 Å². The molecule has 0 aliphatic heterocycles. The molecule has 0 spiro atoms. The molecule has 1 heterocycles. The average Bonchev–Trinajstić information content (AvgIpc) is 2.59. The van der Waals surface area contributed by atoms with Gasteiger partial charge in [-0.3, -0.25) is 9.59 Å². The molecule has 0 aliphatic carbocycles. The molecule has 0 radical (unpaired) electrons. The summed E-state index contributed by atoms with van der Waals surface area (Å²) < 4.78 is 6.43. The fourth-order valence-electron chi connectivity index (χ4n) is 2.12. The van der Waals surface area contributed by atoms with Gasteiger partial charge < -0.3 is 10.2 Å². The second-order valence-corrected chi connectivity index (χ2v) is 5.85. The number of hydrogen-bond acceptors (Lipinski definition) is 4. The van der Waals surface area contributed by atoms with Crippen LogP contribution in [0.25, 0.3) is 11.0 Å². The van der Waals surface area contributed by atoms with Gasteiger partial charge in [0.1, 0.15) is 11.1 Å². The molecule has 0 saturated heterocycles. The number of primary amides is 1. The Morgan fingerprint density at radius 1 is 1.08 bits per heavy atom. The van der Waals surface area contributed by atoms with E-state index in [4.69, 9.17) is 10.2 Å². The van der Waals surface area contributed by atoms with Gasteiger partial charge in [-0.05, 0) is 36.4 Å². The maximum absolute atomic E-state index is 12.0. The number of halogens is 1. The van der Waals surface area contributed by atoms with Gasteiger partial charge in [0, 0.05) is 15.4 Å². The zero-order valence-corrected chi connectivity index (χ0v) is 13.9. The van der Waals surface area contributed by atoms with Crippen molar-refractivity contribution in [1.29, 1.82) is 0 Å². The van der Waals surface area contributed by atoms with Crippen LogP contribution < -0.4 is 16.7 Å². The van der Waals surface area contributed by atoms with Crippen LogP contribution in [0, 0.1) is 0 Å². The summed E-state index contributed by atoms with van der Waals surface area (Å²) in [7, 11) is 0. The predicted molar refractivity (Wildman–Crippen MR) is 91.9 cm³/mol. The molecule has 2 aromatic carbocycles. The van der Waals surface area contributed by atoms with E-state index in [-0.39, 0.29) is 11.1 Å². The second-order valence-electron chi connectivity index (χ2n) is 4.93. The lowest BCUT2D eigenvalue weighted by atomic mass is 10.2. The Bertz CT molecular complexity index is 997. The molecule has 0 fully saturated rings. The quantitative estimate of drug-likeness (QED) is 0.677. The number of carbonyl (C=O) groups excluding carboxylic acids is 2. The fourth-order valence-corrected chi connectivity index (χ4v) is 2.50. The maximum Gasteiger partial charge on any atom is 0.271 e. The first-order chi connectivity index (χ1) is 11.5. The summed E-state index contributed by atoms with van der Waals surface area (Å²) >= 11 is 3.35. The average molecular weight is 386 g/mol. The smallest absolute Gasteiger partial charge is 0.271 e. The Morgan fingerprint density at radius 3 is 2.54 bits per heavy atom. The van der Waals surface area contributed by atoms with E-state index in [9.17, 15) is 9.59 Å². The van der Waals surface area contributed by atoms with Crippen LogP contribution in [0.1, 0.15) is 20.7 Å². The van der Waals surface area contributed by atoms with E-state index in [1.807, 2.05) is 0 Å². The largest absolute Gasteiger partial charge is 0.436 e. The van der Waals surface area contributed by atoms with Crippen LogP contribution >= 0.6 is 15.9 Å². The van der Waals surface area contributed by atoms with Crippen LogP contribution in [-0.4, -0.2) is 11.8 Å². The van der Waals surface area contributed by atoms with Gasteiger partial charge in [0.05, 0.1) is 0 Å². The number of hydrogen-bond donors (Lipinski definition) is 2. The van der Waals surface area contributed by atoms with E-state index >= 15 is 0 Å².